The lowest BCUT2D eigenvalue weighted by molar-refractivity contribution is -0.121. The van der Waals surface area contributed by atoms with Crippen molar-refractivity contribution in [2.75, 3.05) is 5.75 Å². The van der Waals surface area contributed by atoms with Gasteiger partial charge < -0.3 is 5.32 Å². The Morgan fingerprint density at radius 1 is 1.38 bits per heavy atom. The lowest BCUT2D eigenvalue weighted by Gasteiger charge is -2.23. The fraction of sp³-hybridized carbons (Fsp3) is 0.462. The number of carbonyl (C=O) groups excluding carboxylic acids is 1. The molecule has 0 saturated carbocycles. The molecule has 1 saturated heterocycles. The number of nitrogens with one attached hydrogen (secondary N) is 1. The van der Waals surface area contributed by atoms with E-state index in [2.05, 4.69) is 5.32 Å². The number of hydrogen-bond acceptors (Lipinski definition) is 2. The second kappa shape index (κ2) is 7.34. The highest BCUT2D eigenvalue weighted by Gasteiger charge is 2.25. The monoisotopic (exact) mass is 237 g/mol. The van der Waals surface area contributed by atoms with Crippen LogP contribution in [0, 0.1) is 0 Å². The fourth-order valence-corrected chi connectivity index (χ4v) is 2.05. The zero-order valence-electron chi connectivity index (χ0n) is 9.90. The lowest BCUT2D eigenvalue weighted by Crippen LogP contribution is -2.36. The molecule has 1 N–H and O–H groups in total. The van der Waals surface area contributed by atoms with Crippen LogP contribution in [0.1, 0.15) is 25.8 Å². The van der Waals surface area contributed by atoms with Crippen LogP contribution in [0.3, 0.4) is 0 Å². The third-order valence-corrected chi connectivity index (χ3v) is 3.62. The number of rotatable bonds is 3. The third kappa shape index (κ3) is 3.89. The van der Waals surface area contributed by atoms with Crippen LogP contribution in [0.5, 0.6) is 0 Å². The molecule has 0 aliphatic carbocycles. The Hall–Kier alpha value is -0.960. The molecule has 88 valence electrons. The van der Waals surface area contributed by atoms with Gasteiger partial charge in [-0.3, -0.25) is 4.79 Å². The van der Waals surface area contributed by atoms with Crippen molar-refractivity contribution < 1.29 is 4.79 Å². The maximum atomic E-state index is 11.5. The first-order valence-electron chi connectivity index (χ1n) is 5.79. The van der Waals surface area contributed by atoms with Crippen LogP contribution in [0.4, 0.5) is 0 Å². The molecular formula is C13H19NOS. The Labute approximate surface area is 102 Å². The van der Waals surface area contributed by atoms with E-state index >= 15 is 0 Å². The second-order valence-electron chi connectivity index (χ2n) is 3.35. The molecule has 1 amide bonds. The van der Waals surface area contributed by atoms with E-state index in [1.165, 1.54) is 0 Å². The van der Waals surface area contributed by atoms with E-state index in [1.54, 1.807) is 11.8 Å². The minimum absolute atomic E-state index is 0.185. The molecule has 1 aliphatic rings. The van der Waals surface area contributed by atoms with Gasteiger partial charge in [-0.2, -0.15) is 0 Å². The first-order valence-corrected chi connectivity index (χ1v) is 6.84. The van der Waals surface area contributed by atoms with Crippen LogP contribution in [0.25, 0.3) is 0 Å². The van der Waals surface area contributed by atoms with Gasteiger partial charge in [-0.25, -0.2) is 0 Å². The summed E-state index contributed by atoms with van der Waals surface area (Å²) in [6, 6.07) is 9.99. The van der Waals surface area contributed by atoms with Crippen molar-refractivity contribution in [3.05, 3.63) is 35.9 Å². The third-order valence-electron chi connectivity index (χ3n) is 2.30. The predicted molar refractivity (Wildman–Crippen MR) is 70.5 cm³/mol. The SMILES string of the molecule is CC.O=C(NCc1ccccc1)C1CCS1. The Balaban J connectivity index is 0.000000606. The summed E-state index contributed by atoms with van der Waals surface area (Å²) in [6.45, 7) is 4.65. The van der Waals surface area contributed by atoms with Crippen molar-refractivity contribution in [3.63, 3.8) is 0 Å². The van der Waals surface area contributed by atoms with Gasteiger partial charge in [-0.1, -0.05) is 44.2 Å². The molecule has 1 fully saturated rings. The highest BCUT2D eigenvalue weighted by atomic mass is 32.2. The molecule has 2 rings (SSSR count). The van der Waals surface area contributed by atoms with Crippen LogP contribution >= 0.6 is 11.8 Å². The highest BCUT2D eigenvalue weighted by molar-refractivity contribution is 8.01. The molecular weight excluding hydrogens is 218 g/mol. The summed E-state index contributed by atoms with van der Waals surface area (Å²) >= 11 is 1.74. The molecule has 0 spiro atoms. The molecule has 0 bridgehead atoms. The summed E-state index contributed by atoms with van der Waals surface area (Å²) in [7, 11) is 0. The summed E-state index contributed by atoms with van der Waals surface area (Å²) in [5.74, 6) is 1.31. The standard InChI is InChI=1S/C11H13NOS.C2H6/c13-11(10-6-7-14-10)12-8-9-4-2-1-3-5-9;1-2/h1-5,10H,6-8H2,(H,12,13);1-2H3. The molecule has 2 nitrogen and oxygen atoms in total. The molecule has 1 unspecified atom stereocenters. The van der Waals surface area contributed by atoms with Crippen LogP contribution in [-0.4, -0.2) is 16.9 Å². The van der Waals surface area contributed by atoms with Crippen molar-refractivity contribution >= 4 is 17.7 Å². The number of hydrogen-bond donors (Lipinski definition) is 1. The molecule has 1 aromatic carbocycles. The van der Waals surface area contributed by atoms with E-state index in [4.69, 9.17) is 0 Å². The van der Waals surface area contributed by atoms with E-state index in [-0.39, 0.29) is 11.2 Å². The van der Waals surface area contributed by atoms with E-state index in [1.807, 2.05) is 44.2 Å². The number of amides is 1. The molecule has 0 aromatic heterocycles. The topological polar surface area (TPSA) is 29.1 Å². The van der Waals surface area contributed by atoms with Gasteiger partial charge in [0.2, 0.25) is 5.91 Å². The van der Waals surface area contributed by atoms with E-state index in [0.29, 0.717) is 6.54 Å². The van der Waals surface area contributed by atoms with Crippen LogP contribution < -0.4 is 5.32 Å². The summed E-state index contributed by atoms with van der Waals surface area (Å²) in [5.41, 5.74) is 1.16. The maximum Gasteiger partial charge on any atom is 0.233 e. The summed E-state index contributed by atoms with van der Waals surface area (Å²) in [4.78, 5) is 11.5. The minimum Gasteiger partial charge on any atom is -0.351 e. The van der Waals surface area contributed by atoms with Gasteiger partial charge in [-0.05, 0) is 17.7 Å². The molecule has 1 atom stereocenters. The molecule has 1 heterocycles. The predicted octanol–water partition coefficient (Wildman–Crippen LogP) is 2.83. The maximum absolute atomic E-state index is 11.5. The number of thioether (sulfide) groups is 1. The Morgan fingerprint density at radius 2 is 2.00 bits per heavy atom. The molecule has 16 heavy (non-hydrogen) atoms. The van der Waals surface area contributed by atoms with Crippen molar-refractivity contribution in [2.45, 2.75) is 32.1 Å². The van der Waals surface area contributed by atoms with Crippen molar-refractivity contribution in [1.82, 2.24) is 5.32 Å². The van der Waals surface area contributed by atoms with Crippen LogP contribution in [-0.2, 0) is 11.3 Å². The summed E-state index contributed by atoms with van der Waals surface area (Å²) in [5, 5.41) is 3.15. The average molecular weight is 237 g/mol. The van der Waals surface area contributed by atoms with Crippen molar-refractivity contribution in [2.24, 2.45) is 0 Å². The van der Waals surface area contributed by atoms with Crippen LogP contribution in [0.2, 0.25) is 0 Å². The van der Waals surface area contributed by atoms with Crippen LogP contribution in [0.15, 0.2) is 30.3 Å². The van der Waals surface area contributed by atoms with E-state index in [9.17, 15) is 4.79 Å². The Morgan fingerprint density at radius 3 is 2.50 bits per heavy atom. The second-order valence-corrected chi connectivity index (χ2v) is 4.66. The Kier molecular flexibility index (Phi) is 6.01. The van der Waals surface area contributed by atoms with Gasteiger partial charge in [-0.15, -0.1) is 11.8 Å². The van der Waals surface area contributed by atoms with Gasteiger partial charge >= 0.3 is 0 Å². The quantitative estimate of drug-likeness (QED) is 0.876. The lowest BCUT2D eigenvalue weighted by atomic mass is 10.2. The zero-order valence-corrected chi connectivity index (χ0v) is 10.7. The van der Waals surface area contributed by atoms with E-state index < -0.39 is 0 Å². The molecule has 0 radical (unpaired) electrons. The Bertz CT molecular complexity index is 309. The minimum atomic E-state index is 0.185. The summed E-state index contributed by atoms with van der Waals surface area (Å²) in [6.07, 6.45) is 1.03. The largest absolute Gasteiger partial charge is 0.351 e. The smallest absolute Gasteiger partial charge is 0.233 e. The van der Waals surface area contributed by atoms with Gasteiger partial charge in [0.05, 0.1) is 5.25 Å². The molecule has 1 aliphatic heterocycles. The number of carbonyl (C=O) groups is 1. The first-order chi connectivity index (χ1) is 7.86. The van der Waals surface area contributed by atoms with E-state index in [0.717, 1.165) is 17.7 Å². The molecule has 3 heteroatoms. The van der Waals surface area contributed by atoms with Gasteiger partial charge in [0, 0.05) is 6.54 Å². The zero-order chi connectivity index (χ0) is 11.8. The fourth-order valence-electron chi connectivity index (χ4n) is 1.34. The first kappa shape index (κ1) is 13.1. The van der Waals surface area contributed by atoms with Gasteiger partial charge in [0.25, 0.3) is 0 Å². The van der Waals surface area contributed by atoms with Crippen molar-refractivity contribution in [1.29, 1.82) is 0 Å². The summed E-state index contributed by atoms with van der Waals surface area (Å²) < 4.78 is 0. The highest BCUT2D eigenvalue weighted by Crippen LogP contribution is 2.27. The normalized spacial score (nSPS) is 17.8. The van der Waals surface area contributed by atoms with Crippen molar-refractivity contribution in [3.8, 4) is 0 Å². The number of benzene rings is 1. The van der Waals surface area contributed by atoms with Gasteiger partial charge in [0.1, 0.15) is 0 Å². The molecule has 1 aromatic rings. The van der Waals surface area contributed by atoms with Gasteiger partial charge in [0.15, 0.2) is 0 Å². The average Bonchev–Trinajstić information content (AvgIpc) is 2.28.